The largest absolute Gasteiger partial charge is 0.274 e. The first kappa shape index (κ1) is 18.6. The van der Waals surface area contributed by atoms with Gasteiger partial charge in [-0.25, -0.2) is 13.9 Å². The van der Waals surface area contributed by atoms with Gasteiger partial charge in [-0.2, -0.15) is 4.72 Å². The van der Waals surface area contributed by atoms with Crippen LogP contribution in [0.1, 0.15) is 31.9 Å². The molecule has 2 N–H and O–H groups in total. The number of hydrogen-bond acceptors (Lipinski definition) is 4. The highest BCUT2D eigenvalue weighted by atomic mass is 32.2. The molecule has 0 aliphatic heterocycles. The average Bonchev–Trinajstić information content (AvgIpc) is 2.44. The fraction of sp³-hybridized carbons (Fsp3) is 0.533. The lowest BCUT2D eigenvalue weighted by atomic mass is 10.1. The molecular weight excluding hydrogens is 304 g/mol. The van der Waals surface area contributed by atoms with Crippen molar-refractivity contribution in [3.05, 3.63) is 29.3 Å². The number of amides is 1. The maximum Gasteiger partial charge on any atom is 0.261 e. The first-order chi connectivity index (χ1) is 10.2. The van der Waals surface area contributed by atoms with Gasteiger partial charge in [-0.1, -0.05) is 19.9 Å². The van der Waals surface area contributed by atoms with Crippen LogP contribution >= 0.6 is 0 Å². The molecular formula is C15H24N2O4S. The summed E-state index contributed by atoms with van der Waals surface area (Å²) in [6.45, 7) is 9.31. The molecule has 0 aliphatic carbocycles. The number of carbonyl (C=O) groups excluding carboxylic acids is 1. The summed E-state index contributed by atoms with van der Waals surface area (Å²) in [7, 11) is -3.78. The van der Waals surface area contributed by atoms with Crippen molar-refractivity contribution in [2.75, 3.05) is 6.61 Å². The third-order valence-corrected chi connectivity index (χ3v) is 4.78. The SMILES string of the molecule is CCONC(=O)C(NS(=O)(=O)c1ccc(C)c(C)c1)C(C)C. The topological polar surface area (TPSA) is 84.5 Å². The van der Waals surface area contributed by atoms with Gasteiger partial charge in [0.25, 0.3) is 5.91 Å². The monoisotopic (exact) mass is 328 g/mol. The Morgan fingerprint density at radius 2 is 1.86 bits per heavy atom. The van der Waals surface area contributed by atoms with Gasteiger partial charge in [0.15, 0.2) is 0 Å². The van der Waals surface area contributed by atoms with Crippen molar-refractivity contribution in [3.8, 4) is 0 Å². The number of benzene rings is 1. The Balaban J connectivity index is 3.00. The Hall–Kier alpha value is -1.44. The Bertz CT molecular complexity index is 626. The molecule has 0 aliphatic rings. The summed E-state index contributed by atoms with van der Waals surface area (Å²) in [6, 6.07) is 3.96. The molecule has 7 heteroatoms. The minimum absolute atomic E-state index is 0.144. The Morgan fingerprint density at radius 1 is 1.23 bits per heavy atom. The molecule has 1 amide bonds. The van der Waals surface area contributed by atoms with Crippen LogP contribution in [-0.2, 0) is 19.7 Å². The lowest BCUT2D eigenvalue weighted by molar-refractivity contribution is -0.135. The molecule has 1 aromatic carbocycles. The van der Waals surface area contributed by atoms with Crippen molar-refractivity contribution in [3.63, 3.8) is 0 Å². The van der Waals surface area contributed by atoms with Crippen LogP contribution in [0.5, 0.6) is 0 Å². The number of hydrogen-bond donors (Lipinski definition) is 2. The van der Waals surface area contributed by atoms with Gasteiger partial charge in [0.2, 0.25) is 10.0 Å². The second-order valence-electron chi connectivity index (χ2n) is 5.49. The van der Waals surface area contributed by atoms with Gasteiger partial charge >= 0.3 is 0 Å². The van der Waals surface area contributed by atoms with E-state index in [1.807, 2.05) is 13.8 Å². The summed E-state index contributed by atoms with van der Waals surface area (Å²) in [6.07, 6.45) is 0. The molecule has 0 heterocycles. The molecule has 0 bridgehead atoms. The molecule has 0 radical (unpaired) electrons. The number of rotatable bonds is 7. The van der Waals surface area contributed by atoms with Crippen LogP contribution < -0.4 is 10.2 Å². The van der Waals surface area contributed by atoms with Crippen LogP contribution in [0.25, 0.3) is 0 Å². The van der Waals surface area contributed by atoms with E-state index in [0.29, 0.717) is 6.61 Å². The molecule has 0 saturated carbocycles. The summed E-state index contributed by atoms with van der Waals surface area (Å²) in [5, 5.41) is 0. The van der Waals surface area contributed by atoms with E-state index in [9.17, 15) is 13.2 Å². The molecule has 1 atom stereocenters. The van der Waals surface area contributed by atoms with Gasteiger partial charge in [-0.15, -0.1) is 0 Å². The predicted molar refractivity (Wildman–Crippen MR) is 84.6 cm³/mol. The zero-order valence-electron chi connectivity index (χ0n) is 13.6. The van der Waals surface area contributed by atoms with E-state index in [1.54, 1.807) is 32.9 Å². The van der Waals surface area contributed by atoms with Crippen molar-refractivity contribution in [2.45, 2.75) is 45.6 Å². The molecule has 1 aromatic rings. The normalized spacial score (nSPS) is 13.2. The Labute approximate surface area is 132 Å². The van der Waals surface area contributed by atoms with E-state index in [-0.39, 0.29) is 10.8 Å². The first-order valence-corrected chi connectivity index (χ1v) is 8.68. The van der Waals surface area contributed by atoms with Gasteiger partial charge < -0.3 is 0 Å². The van der Waals surface area contributed by atoms with Gasteiger partial charge in [-0.05, 0) is 49.9 Å². The number of nitrogens with one attached hydrogen (secondary N) is 2. The maximum atomic E-state index is 12.5. The standard InChI is InChI=1S/C15H24N2O4S/c1-6-21-16-15(18)14(10(2)3)17-22(19,20)13-8-7-11(4)12(5)9-13/h7-10,14,17H,6H2,1-5H3,(H,16,18). The Kier molecular flexibility index (Phi) is 6.52. The van der Waals surface area contributed by atoms with E-state index >= 15 is 0 Å². The van der Waals surface area contributed by atoms with Gasteiger partial charge in [0, 0.05) is 0 Å². The summed E-state index contributed by atoms with van der Waals surface area (Å²) in [5.41, 5.74) is 4.13. The summed E-state index contributed by atoms with van der Waals surface area (Å²) < 4.78 is 27.4. The minimum Gasteiger partial charge on any atom is -0.274 e. The lowest BCUT2D eigenvalue weighted by Crippen LogP contribution is -2.49. The molecule has 1 unspecified atom stereocenters. The fourth-order valence-corrected chi connectivity index (χ4v) is 3.24. The number of aryl methyl sites for hydroxylation is 2. The van der Waals surface area contributed by atoms with Crippen molar-refractivity contribution >= 4 is 15.9 Å². The maximum absolute atomic E-state index is 12.5. The molecule has 0 aromatic heterocycles. The molecule has 6 nitrogen and oxygen atoms in total. The molecule has 22 heavy (non-hydrogen) atoms. The van der Waals surface area contributed by atoms with E-state index in [4.69, 9.17) is 4.84 Å². The molecule has 0 spiro atoms. The molecule has 0 saturated heterocycles. The number of hydroxylamine groups is 1. The minimum atomic E-state index is -3.78. The van der Waals surface area contributed by atoms with Crippen LogP contribution in [0.15, 0.2) is 23.1 Å². The van der Waals surface area contributed by atoms with E-state index < -0.39 is 22.0 Å². The third-order valence-electron chi connectivity index (χ3n) is 3.34. The van der Waals surface area contributed by atoms with Crippen LogP contribution in [0, 0.1) is 19.8 Å². The summed E-state index contributed by atoms with van der Waals surface area (Å²) in [5.74, 6) is -0.731. The molecule has 124 valence electrons. The van der Waals surface area contributed by atoms with Crippen LogP contribution in [0.2, 0.25) is 0 Å². The van der Waals surface area contributed by atoms with Crippen molar-refractivity contribution in [1.82, 2.24) is 10.2 Å². The highest BCUT2D eigenvalue weighted by Crippen LogP contribution is 2.16. The van der Waals surface area contributed by atoms with Crippen molar-refractivity contribution in [1.29, 1.82) is 0 Å². The average molecular weight is 328 g/mol. The van der Waals surface area contributed by atoms with Gasteiger partial charge in [0.05, 0.1) is 11.5 Å². The van der Waals surface area contributed by atoms with E-state index in [1.165, 1.54) is 6.07 Å². The molecule has 1 rings (SSSR count). The van der Waals surface area contributed by atoms with Crippen molar-refractivity contribution in [2.24, 2.45) is 5.92 Å². The fourth-order valence-electron chi connectivity index (χ4n) is 1.82. The number of carbonyl (C=O) groups is 1. The first-order valence-electron chi connectivity index (χ1n) is 7.20. The second-order valence-corrected chi connectivity index (χ2v) is 7.20. The lowest BCUT2D eigenvalue weighted by Gasteiger charge is -2.21. The van der Waals surface area contributed by atoms with Gasteiger partial charge in [0.1, 0.15) is 6.04 Å². The van der Waals surface area contributed by atoms with Crippen LogP contribution in [0.3, 0.4) is 0 Å². The van der Waals surface area contributed by atoms with E-state index in [0.717, 1.165) is 11.1 Å². The summed E-state index contributed by atoms with van der Waals surface area (Å²) >= 11 is 0. The van der Waals surface area contributed by atoms with Gasteiger partial charge in [-0.3, -0.25) is 9.63 Å². The second kappa shape index (κ2) is 7.71. The highest BCUT2D eigenvalue weighted by molar-refractivity contribution is 7.89. The van der Waals surface area contributed by atoms with E-state index in [2.05, 4.69) is 10.2 Å². The van der Waals surface area contributed by atoms with Crippen LogP contribution in [0.4, 0.5) is 0 Å². The number of sulfonamides is 1. The van der Waals surface area contributed by atoms with Crippen LogP contribution in [-0.4, -0.2) is 27.0 Å². The third kappa shape index (κ3) is 4.79. The molecule has 0 fully saturated rings. The smallest absolute Gasteiger partial charge is 0.261 e. The summed E-state index contributed by atoms with van der Waals surface area (Å²) in [4.78, 5) is 17.0. The zero-order valence-corrected chi connectivity index (χ0v) is 14.5. The van der Waals surface area contributed by atoms with Crippen molar-refractivity contribution < 1.29 is 18.0 Å². The quantitative estimate of drug-likeness (QED) is 0.746. The zero-order chi connectivity index (χ0) is 16.9. The highest BCUT2D eigenvalue weighted by Gasteiger charge is 2.28. The predicted octanol–water partition coefficient (Wildman–Crippen LogP) is 1.67. The Morgan fingerprint density at radius 3 is 2.36 bits per heavy atom.